The monoisotopic (exact) mass is 329 g/mol. The number of alkyl halides is 3. The van der Waals surface area contributed by atoms with Gasteiger partial charge in [-0.2, -0.15) is 0 Å². The second-order valence-corrected chi connectivity index (χ2v) is 6.25. The third-order valence-corrected chi connectivity index (χ3v) is 3.29. The molecule has 1 aromatic carbocycles. The van der Waals surface area contributed by atoms with E-state index in [9.17, 15) is 13.2 Å². The maximum absolute atomic E-state index is 12.3. The summed E-state index contributed by atoms with van der Waals surface area (Å²) in [5, 5.41) is 0.313. The lowest BCUT2D eigenvalue weighted by atomic mass is 9.91. The summed E-state index contributed by atoms with van der Waals surface area (Å²) in [6.07, 6.45) is -4.74. The van der Waals surface area contributed by atoms with Gasteiger partial charge in [0.1, 0.15) is 5.75 Å². The van der Waals surface area contributed by atoms with Crippen molar-refractivity contribution in [2.24, 2.45) is 0 Å². The lowest BCUT2D eigenvalue weighted by Crippen LogP contribution is -2.17. The maximum atomic E-state index is 12.3. The van der Waals surface area contributed by atoms with E-state index in [1.807, 2.05) is 26.8 Å². The van der Waals surface area contributed by atoms with Crippen molar-refractivity contribution >= 4 is 11.6 Å². The Labute approximate surface area is 131 Å². The number of halogens is 4. The van der Waals surface area contributed by atoms with Crippen molar-refractivity contribution < 1.29 is 17.9 Å². The minimum absolute atomic E-state index is 0.178. The van der Waals surface area contributed by atoms with Crippen LogP contribution in [-0.2, 0) is 5.41 Å². The topological polar surface area (TPSA) is 22.1 Å². The van der Waals surface area contributed by atoms with Gasteiger partial charge in [-0.15, -0.1) is 13.2 Å². The average Bonchev–Trinajstić information content (AvgIpc) is 2.38. The van der Waals surface area contributed by atoms with Gasteiger partial charge in [-0.1, -0.05) is 38.4 Å². The van der Waals surface area contributed by atoms with Gasteiger partial charge in [0.25, 0.3) is 0 Å². The van der Waals surface area contributed by atoms with Crippen LogP contribution in [-0.4, -0.2) is 11.3 Å². The second kappa shape index (κ2) is 5.80. The van der Waals surface area contributed by atoms with Crippen molar-refractivity contribution in [3.05, 3.63) is 47.1 Å². The molecule has 1 heterocycles. The third kappa shape index (κ3) is 4.13. The van der Waals surface area contributed by atoms with E-state index in [1.165, 1.54) is 18.2 Å². The molecule has 118 valence electrons. The summed E-state index contributed by atoms with van der Waals surface area (Å²) >= 11 is 6.09. The normalized spacial score (nSPS) is 12.3. The van der Waals surface area contributed by atoms with E-state index in [2.05, 4.69) is 9.72 Å². The molecule has 0 unspecified atom stereocenters. The van der Waals surface area contributed by atoms with Crippen molar-refractivity contribution in [3.63, 3.8) is 0 Å². The summed E-state index contributed by atoms with van der Waals surface area (Å²) < 4.78 is 40.9. The molecule has 2 aromatic rings. The Bertz CT molecular complexity index is 678. The van der Waals surface area contributed by atoms with E-state index in [1.54, 1.807) is 12.1 Å². The summed E-state index contributed by atoms with van der Waals surface area (Å²) in [4.78, 5) is 4.49. The Morgan fingerprint density at radius 3 is 2.32 bits per heavy atom. The molecule has 2 nitrogen and oxygen atoms in total. The molecule has 0 atom stereocenters. The highest BCUT2D eigenvalue weighted by Crippen LogP contribution is 2.33. The number of hydrogen-bond acceptors (Lipinski definition) is 2. The molecule has 0 N–H and O–H groups in total. The molecule has 0 radical (unpaired) electrons. The number of aromatic nitrogens is 1. The standard InChI is InChI=1S/C16H15ClF3NO/c1-15(2,3)14-6-4-5-13(21-14)11-9-10(7-8-12(11)17)22-16(18,19)20/h4-9H,1-3H3. The van der Waals surface area contributed by atoms with Gasteiger partial charge in [-0.3, -0.25) is 4.98 Å². The van der Waals surface area contributed by atoms with Crippen LogP contribution in [0.25, 0.3) is 11.3 Å². The number of rotatable bonds is 2. The van der Waals surface area contributed by atoms with Gasteiger partial charge in [-0.05, 0) is 30.3 Å². The summed E-state index contributed by atoms with van der Waals surface area (Å²) in [7, 11) is 0. The molecular weight excluding hydrogens is 315 g/mol. The zero-order valence-corrected chi connectivity index (χ0v) is 13.1. The van der Waals surface area contributed by atoms with Gasteiger partial charge in [0, 0.05) is 16.7 Å². The first-order chi connectivity index (χ1) is 10.1. The zero-order chi connectivity index (χ0) is 16.5. The second-order valence-electron chi connectivity index (χ2n) is 5.85. The fourth-order valence-electron chi connectivity index (χ4n) is 1.90. The minimum atomic E-state index is -4.74. The van der Waals surface area contributed by atoms with E-state index >= 15 is 0 Å². The summed E-state index contributed by atoms with van der Waals surface area (Å²) in [5.74, 6) is -0.324. The SMILES string of the molecule is CC(C)(C)c1cccc(-c2cc(OC(F)(F)F)ccc2Cl)n1. The van der Waals surface area contributed by atoms with E-state index in [0.717, 1.165) is 5.69 Å². The lowest BCUT2D eigenvalue weighted by molar-refractivity contribution is -0.274. The van der Waals surface area contributed by atoms with Crippen LogP contribution in [0, 0.1) is 0 Å². The Hall–Kier alpha value is -1.75. The molecule has 0 saturated heterocycles. The molecule has 0 aliphatic heterocycles. The molecule has 0 amide bonds. The van der Waals surface area contributed by atoms with Gasteiger partial charge < -0.3 is 4.74 Å². The van der Waals surface area contributed by atoms with Crippen molar-refractivity contribution in [1.82, 2.24) is 4.98 Å². The molecular formula is C16H15ClF3NO. The molecule has 0 bridgehead atoms. The predicted molar refractivity (Wildman–Crippen MR) is 80.1 cm³/mol. The molecule has 1 aromatic heterocycles. The van der Waals surface area contributed by atoms with Crippen molar-refractivity contribution in [1.29, 1.82) is 0 Å². The van der Waals surface area contributed by atoms with Gasteiger partial charge >= 0.3 is 6.36 Å². The van der Waals surface area contributed by atoms with Gasteiger partial charge in [-0.25, -0.2) is 0 Å². The molecule has 22 heavy (non-hydrogen) atoms. The Balaban J connectivity index is 2.46. The summed E-state index contributed by atoms with van der Waals surface area (Å²) in [5.41, 5.74) is 1.55. The van der Waals surface area contributed by atoms with E-state index in [-0.39, 0.29) is 11.2 Å². The fraction of sp³-hybridized carbons (Fsp3) is 0.312. The fourth-order valence-corrected chi connectivity index (χ4v) is 2.11. The molecule has 0 spiro atoms. The number of nitrogens with zero attached hydrogens (tertiary/aromatic N) is 1. The summed E-state index contributed by atoms with van der Waals surface area (Å²) in [6, 6.07) is 9.15. The molecule has 6 heteroatoms. The predicted octanol–water partition coefficient (Wildman–Crippen LogP) is 5.60. The van der Waals surface area contributed by atoms with Gasteiger partial charge in [0.2, 0.25) is 0 Å². The first-order valence-electron chi connectivity index (χ1n) is 6.59. The number of benzene rings is 1. The highest BCUT2D eigenvalue weighted by Gasteiger charge is 2.31. The van der Waals surface area contributed by atoms with Crippen molar-refractivity contribution in [2.75, 3.05) is 0 Å². The van der Waals surface area contributed by atoms with Crippen LogP contribution in [0.5, 0.6) is 5.75 Å². The van der Waals surface area contributed by atoms with Crippen LogP contribution >= 0.6 is 11.6 Å². The highest BCUT2D eigenvalue weighted by molar-refractivity contribution is 6.33. The molecule has 0 aliphatic carbocycles. The zero-order valence-electron chi connectivity index (χ0n) is 12.3. The van der Waals surface area contributed by atoms with Crippen molar-refractivity contribution in [3.8, 4) is 17.0 Å². The third-order valence-electron chi connectivity index (χ3n) is 2.96. The highest BCUT2D eigenvalue weighted by atomic mass is 35.5. The lowest BCUT2D eigenvalue weighted by Gasteiger charge is -2.18. The molecule has 0 saturated carbocycles. The quantitative estimate of drug-likeness (QED) is 0.715. The summed E-state index contributed by atoms with van der Waals surface area (Å²) in [6.45, 7) is 6.01. The maximum Gasteiger partial charge on any atom is 0.573 e. The Morgan fingerprint density at radius 2 is 1.73 bits per heavy atom. The van der Waals surface area contributed by atoms with Gasteiger partial charge in [0.05, 0.1) is 10.7 Å². The first-order valence-corrected chi connectivity index (χ1v) is 6.97. The molecule has 0 fully saturated rings. The van der Waals surface area contributed by atoms with Crippen molar-refractivity contribution in [2.45, 2.75) is 32.5 Å². The van der Waals surface area contributed by atoms with Crippen LogP contribution in [0.2, 0.25) is 5.02 Å². The number of hydrogen-bond donors (Lipinski definition) is 0. The Morgan fingerprint density at radius 1 is 1.05 bits per heavy atom. The first kappa shape index (κ1) is 16.6. The average molecular weight is 330 g/mol. The largest absolute Gasteiger partial charge is 0.573 e. The van der Waals surface area contributed by atoms with E-state index in [0.29, 0.717) is 16.3 Å². The van der Waals surface area contributed by atoms with Crippen LogP contribution in [0.4, 0.5) is 13.2 Å². The van der Waals surface area contributed by atoms with Crippen LogP contribution in [0.3, 0.4) is 0 Å². The molecule has 2 rings (SSSR count). The van der Waals surface area contributed by atoms with E-state index in [4.69, 9.17) is 11.6 Å². The Kier molecular flexibility index (Phi) is 4.38. The van der Waals surface area contributed by atoms with Gasteiger partial charge in [0.15, 0.2) is 0 Å². The van der Waals surface area contributed by atoms with Crippen LogP contribution < -0.4 is 4.74 Å². The molecule has 0 aliphatic rings. The van der Waals surface area contributed by atoms with Crippen LogP contribution in [0.15, 0.2) is 36.4 Å². The van der Waals surface area contributed by atoms with E-state index < -0.39 is 6.36 Å². The minimum Gasteiger partial charge on any atom is -0.406 e. The number of pyridine rings is 1. The number of ether oxygens (including phenoxy) is 1. The smallest absolute Gasteiger partial charge is 0.406 e. The van der Waals surface area contributed by atoms with Crippen LogP contribution in [0.1, 0.15) is 26.5 Å².